The van der Waals surface area contributed by atoms with Crippen molar-refractivity contribution in [1.82, 2.24) is 9.97 Å². The lowest BCUT2D eigenvalue weighted by molar-refractivity contribution is -0.385. The molecule has 0 unspecified atom stereocenters. The first-order valence-electron chi connectivity index (χ1n) is 10.2. The first kappa shape index (κ1) is 21.9. The highest BCUT2D eigenvalue weighted by Crippen LogP contribution is 2.41. The molecule has 0 fully saturated rings. The van der Waals surface area contributed by atoms with E-state index in [1.807, 2.05) is 23.6 Å². The molecule has 34 heavy (non-hydrogen) atoms. The fourth-order valence-corrected chi connectivity index (χ4v) is 4.72. The highest BCUT2D eigenvalue weighted by Gasteiger charge is 2.22. The Morgan fingerprint density at radius 2 is 2.00 bits per heavy atom. The fourth-order valence-electron chi connectivity index (χ4n) is 3.81. The second kappa shape index (κ2) is 9.12. The van der Waals surface area contributed by atoms with Gasteiger partial charge in [0.15, 0.2) is 18.3 Å². The summed E-state index contributed by atoms with van der Waals surface area (Å²) in [6.07, 6.45) is 1.43. The maximum absolute atomic E-state index is 11.4. The molecule has 10 nitrogen and oxygen atoms in total. The molecule has 0 saturated heterocycles. The van der Waals surface area contributed by atoms with E-state index in [1.54, 1.807) is 14.2 Å². The summed E-state index contributed by atoms with van der Waals surface area (Å²) in [7, 11) is 3.16. The lowest BCUT2D eigenvalue weighted by Gasteiger charge is -2.20. The monoisotopic (exact) mass is 481 g/mol. The van der Waals surface area contributed by atoms with Gasteiger partial charge in [0, 0.05) is 34.2 Å². The van der Waals surface area contributed by atoms with Crippen molar-refractivity contribution in [2.75, 3.05) is 21.0 Å². The van der Waals surface area contributed by atoms with Crippen molar-refractivity contribution in [2.24, 2.45) is 0 Å². The largest absolute Gasteiger partial charge is 0.493 e. The van der Waals surface area contributed by atoms with E-state index in [0.717, 1.165) is 21.3 Å². The van der Waals surface area contributed by atoms with Crippen LogP contribution >= 0.6 is 11.3 Å². The van der Waals surface area contributed by atoms with Gasteiger partial charge in [-0.3, -0.25) is 10.1 Å². The molecule has 1 aliphatic heterocycles. The summed E-state index contributed by atoms with van der Waals surface area (Å²) in [6, 6.07) is 8.53. The molecule has 0 aliphatic carbocycles. The van der Waals surface area contributed by atoms with Crippen LogP contribution < -0.4 is 18.9 Å². The van der Waals surface area contributed by atoms with Gasteiger partial charge in [-0.25, -0.2) is 9.97 Å². The lowest BCUT2D eigenvalue weighted by Crippen LogP contribution is -2.14. The summed E-state index contributed by atoms with van der Waals surface area (Å²) < 4.78 is 27.7. The maximum atomic E-state index is 11.4. The molecule has 0 amide bonds. The van der Waals surface area contributed by atoms with Crippen LogP contribution in [-0.2, 0) is 18.0 Å². The standard InChI is InChI=1S/C23H19N3O7S/c1-29-18-4-3-13(7-19(18)30-2)17-10-34-23-20(17)22(24-11-25-23)32-9-15-6-16(26(27)28)5-14-8-31-12-33-21(14)15/h3-7,10-11H,8-9,12H2,1-2H3. The Morgan fingerprint density at radius 1 is 1.15 bits per heavy atom. The Balaban J connectivity index is 1.53. The number of ether oxygens (including phenoxy) is 5. The number of hydrogen-bond acceptors (Lipinski definition) is 10. The highest BCUT2D eigenvalue weighted by atomic mass is 32.1. The van der Waals surface area contributed by atoms with Crippen LogP contribution in [0.25, 0.3) is 21.3 Å². The van der Waals surface area contributed by atoms with Crippen LogP contribution in [0.5, 0.6) is 23.1 Å². The first-order chi connectivity index (χ1) is 16.6. The van der Waals surface area contributed by atoms with E-state index in [-0.39, 0.29) is 25.7 Å². The Labute approximate surface area is 197 Å². The van der Waals surface area contributed by atoms with Crippen molar-refractivity contribution < 1.29 is 28.6 Å². The third-order valence-electron chi connectivity index (χ3n) is 5.38. The molecule has 3 heterocycles. The zero-order valence-electron chi connectivity index (χ0n) is 18.3. The SMILES string of the molecule is COc1ccc(-c2csc3ncnc(OCc4cc([N+](=O)[O-])cc5c4OCOC5)c23)cc1OC. The zero-order chi connectivity index (χ0) is 23.7. The van der Waals surface area contributed by atoms with Gasteiger partial charge < -0.3 is 23.7 Å². The second-order valence-electron chi connectivity index (χ2n) is 7.33. The van der Waals surface area contributed by atoms with E-state index >= 15 is 0 Å². The van der Waals surface area contributed by atoms with Crippen molar-refractivity contribution >= 4 is 27.2 Å². The minimum atomic E-state index is -0.449. The Bertz CT molecular complexity index is 1390. The molecule has 0 radical (unpaired) electrons. The molecular weight excluding hydrogens is 462 g/mol. The number of nitro groups is 1. The van der Waals surface area contributed by atoms with E-state index in [9.17, 15) is 10.1 Å². The van der Waals surface area contributed by atoms with Crippen molar-refractivity contribution in [3.05, 3.63) is 63.3 Å². The minimum absolute atomic E-state index is 0.0251. The van der Waals surface area contributed by atoms with Crippen LogP contribution in [0.2, 0.25) is 0 Å². The molecule has 2 aromatic carbocycles. The van der Waals surface area contributed by atoms with Gasteiger partial charge in [0.1, 0.15) is 23.5 Å². The van der Waals surface area contributed by atoms with E-state index in [4.69, 9.17) is 23.7 Å². The first-order valence-corrected chi connectivity index (χ1v) is 11.0. The summed E-state index contributed by atoms with van der Waals surface area (Å²) in [6.45, 7) is 0.330. The van der Waals surface area contributed by atoms with Crippen LogP contribution in [0.15, 0.2) is 42.0 Å². The molecule has 0 bridgehead atoms. The third-order valence-corrected chi connectivity index (χ3v) is 6.26. The molecule has 0 spiro atoms. The molecule has 5 rings (SSSR count). The summed E-state index contributed by atoms with van der Waals surface area (Å²) in [4.78, 5) is 20.4. The number of thiophene rings is 1. The van der Waals surface area contributed by atoms with Crippen LogP contribution in [0.3, 0.4) is 0 Å². The smallest absolute Gasteiger partial charge is 0.270 e. The van der Waals surface area contributed by atoms with Gasteiger partial charge in [-0.15, -0.1) is 11.3 Å². The number of methoxy groups -OCH3 is 2. The molecular formula is C23H19N3O7S. The van der Waals surface area contributed by atoms with Crippen LogP contribution in [-0.4, -0.2) is 35.9 Å². The van der Waals surface area contributed by atoms with Crippen molar-refractivity contribution in [3.63, 3.8) is 0 Å². The average molecular weight is 481 g/mol. The predicted molar refractivity (Wildman–Crippen MR) is 124 cm³/mol. The van der Waals surface area contributed by atoms with Gasteiger partial charge in [-0.2, -0.15) is 0 Å². The Morgan fingerprint density at radius 3 is 2.79 bits per heavy atom. The number of non-ortho nitro benzene ring substituents is 1. The number of rotatable bonds is 7. The predicted octanol–water partition coefficient (Wildman–Crippen LogP) is 4.73. The molecule has 4 aromatic rings. The second-order valence-corrected chi connectivity index (χ2v) is 8.19. The molecule has 0 saturated carbocycles. The van der Waals surface area contributed by atoms with Gasteiger partial charge in [0.05, 0.1) is 31.1 Å². The van der Waals surface area contributed by atoms with Crippen LogP contribution in [0, 0.1) is 10.1 Å². The summed E-state index contributed by atoms with van der Waals surface area (Å²) in [5.41, 5.74) is 2.86. The third kappa shape index (κ3) is 3.95. The molecule has 0 N–H and O–H groups in total. The summed E-state index contributed by atoms with van der Waals surface area (Å²) >= 11 is 1.46. The van der Waals surface area contributed by atoms with Crippen LogP contribution in [0.4, 0.5) is 5.69 Å². The van der Waals surface area contributed by atoms with Gasteiger partial charge in [-0.05, 0) is 17.7 Å². The van der Waals surface area contributed by atoms with Crippen LogP contribution in [0.1, 0.15) is 11.1 Å². The average Bonchev–Trinajstić information content (AvgIpc) is 3.31. The Kier molecular flexibility index (Phi) is 5.86. The number of hydrogen-bond donors (Lipinski definition) is 0. The number of fused-ring (bicyclic) bond motifs is 2. The molecule has 2 aromatic heterocycles. The quantitative estimate of drug-likeness (QED) is 0.273. The number of nitro benzene ring substituents is 1. The fraction of sp³-hybridized carbons (Fsp3) is 0.217. The van der Waals surface area contributed by atoms with E-state index in [1.165, 1.54) is 29.8 Å². The van der Waals surface area contributed by atoms with Gasteiger partial charge in [0.2, 0.25) is 5.88 Å². The number of nitrogens with zero attached hydrogens (tertiary/aromatic N) is 3. The van der Waals surface area contributed by atoms with Gasteiger partial charge in [0.25, 0.3) is 5.69 Å². The van der Waals surface area contributed by atoms with Gasteiger partial charge in [-0.1, -0.05) is 6.07 Å². The van der Waals surface area contributed by atoms with Gasteiger partial charge >= 0.3 is 0 Å². The molecule has 0 atom stereocenters. The maximum Gasteiger partial charge on any atom is 0.270 e. The van der Waals surface area contributed by atoms with E-state index < -0.39 is 4.92 Å². The van der Waals surface area contributed by atoms with Crippen molar-refractivity contribution in [1.29, 1.82) is 0 Å². The summed E-state index contributed by atoms with van der Waals surface area (Å²) in [5.74, 6) is 2.12. The summed E-state index contributed by atoms with van der Waals surface area (Å²) in [5, 5.41) is 14.1. The topological polar surface area (TPSA) is 115 Å². The van der Waals surface area contributed by atoms with Crippen molar-refractivity contribution in [2.45, 2.75) is 13.2 Å². The zero-order valence-corrected chi connectivity index (χ0v) is 19.1. The number of benzene rings is 2. The van der Waals surface area contributed by atoms with E-state index in [2.05, 4.69) is 9.97 Å². The lowest BCUT2D eigenvalue weighted by atomic mass is 10.1. The molecule has 174 valence electrons. The molecule has 1 aliphatic rings. The van der Waals surface area contributed by atoms with E-state index in [0.29, 0.717) is 34.3 Å². The minimum Gasteiger partial charge on any atom is -0.493 e. The Hall–Kier alpha value is -3.96. The normalized spacial score (nSPS) is 12.6. The van der Waals surface area contributed by atoms with Crippen molar-refractivity contribution in [3.8, 4) is 34.3 Å². The number of aromatic nitrogens is 2. The molecule has 11 heteroatoms. The highest BCUT2D eigenvalue weighted by molar-refractivity contribution is 7.17.